The van der Waals surface area contributed by atoms with Crippen molar-refractivity contribution in [1.82, 2.24) is 9.62 Å². The third-order valence-corrected chi connectivity index (χ3v) is 8.04. The van der Waals surface area contributed by atoms with E-state index in [1.165, 1.54) is 4.31 Å². The molecule has 6 nitrogen and oxygen atoms in total. The number of carbonyl (C=O) groups excluding carboxylic acids is 1. The molecule has 0 spiro atoms. The molecule has 35 heavy (non-hydrogen) atoms. The van der Waals surface area contributed by atoms with Gasteiger partial charge in [0.1, 0.15) is 5.75 Å². The predicted octanol–water partition coefficient (Wildman–Crippen LogP) is 4.82. The Morgan fingerprint density at radius 3 is 2.09 bits per heavy atom. The van der Waals surface area contributed by atoms with Crippen molar-refractivity contribution in [2.24, 2.45) is 0 Å². The van der Waals surface area contributed by atoms with Crippen LogP contribution in [-0.2, 0) is 27.8 Å². The molecule has 0 saturated carbocycles. The summed E-state index contributed by atoms with van der Waals surface area (Å²) in [4.78, 5) is 13.1. The number of aryl methyl sites for hydroxylation is 3. The van der Waals surface area contributed by atoms with E-state index in [1.807, 2.05) is 43.3 Å². The molecular formula is C27H31ClN2O4S. The highest BCUT2D eigenvalue weighted by Crippen LogP contribution is 2.26. The van der Waals surface area contributed by atoms with Gasteiger partial charge in [0, 0.05) is 18.1 Å². The molecule has 186 valence electrons. The van der Waals surface area contributed by atoms with Gasteiger partial charge in [-0.2, -0.15) is 4.31 Å². The van der Waals surface area contributed by atoms with Crippen LogP contribution in [0.5, 0.6) is 5.75 Å². The van der Waals surface area contributed by atoms with Gasteiger partial charge in [-0.05, 0) is 73.7 Å². The summed E-state index contributed by atoms with van der Waals surface area (Å²) in [7, 11) is -2.33. The lowest BCUT2D eigenvalue weighted by Crippen LogP contribution is -2.41. The van der Waals surface area contributed by atoms with E-state index in [-0.39, 0.29) is 23.9 Å². The number of carbonyl (C=O) groups is 1. The van der Waals surface area contributed by atoms with E-state index < -0.39 is 10.0 Å². The Hall–Kier alpha value is -2.87. The minimum Gasteiger partial charge on any atom is -0.497 e. The quantitative estimate of drug-likeness (QED) is 0.420. The van der Waals surface area contributed by atoms with E-state index >= 15 is 0 Å². The highest BCUT2D eigenvalue weighted by Gasteiger charge is 2.30. The first-order valence-electron chi connectivity index (χ1n) is 11.3. The van der Waals surface area contributed by atoms with Crippen LogP contribution in [0.2, 0.25) is 5.02 Å². The molecule has 1 N–H and O–H groups in total. The first-order valence-corrected chi connectivity index (χ1v) is 13.1. The lowest BCUT2D eigenvalue weighted by molar-refractivity contribution is -0.121. The summed E-state index contributed by atoms with van der Waals surface area (Å²) in [5.74, 6) is 0.404. The number of rotatable bonds is 10. The van der Waals surface area contributed by atoms with Gasteiger partial charge in [0.25, 0.3) is 0 Å². The lowest BCUT2D eigenvalue weighted by atomic mass is 10.1. The van der Waals surface area contributed by atoms with Gasteiger partial charge in [0.05, 0.1) is 18.6 Å². The molecular weight excluding hydrogens is 484 g/mol. The Morgan fingerprint density at radius 1 is 0.943 bits per heavy atom. The molecule has 0 aliphatic heterocycles. The molecule has 0 radical (unpaired) electrons. The fraction of sp³-hybridized carbons (Fsp3) is 0.296. The topological polar surface area (TPSA) is 75.7 Å². The van der Waals surface area contributed by atoms with E-state index in [9.17, 15) is 13.2 Å². The first kappa shape index (κ1) is 26.7. The maximum atomic E-state index is 13.8. The average molecular weight is 515 g/mol. The molecule has 0 saturated heterocycles. The fourth-order valence-corrected chi connectivity index (χ4v) is 6.00. The van der Waals surface area contributed by atoms with Crippen molar-refractivity contribution in [3.05, 3.63) is 93.5 Å². The van der Waals surface area contributed by atoms with Crippen molar-refractivity contribution in [2.75, 3.05) is 20.2 Å². The zero-order valence-corrected chi connectivity index (χ0v) is 22.0. The second kappa shape index (κ2) is 11.7. The number of methoxy groups -OCH3 is 1. The largest absolute Gasteiger partial charge is 0.497 e. The number of halogens is 1. The molecule has 0 aromatic heterocycles. The SMILES string of the molecule is COc1ccc(CCNC(=O)CN(Cc2ccc(Cl)cc2)S(=O)(=O)c2c(C)cc(C)cc2C)cc1. The van der Waals surface area contributed by atoms with Crippen molar-refractivity contribution in [3.8, 4) is 5.75 Å². The molecule has 1 amide bonds. The summed E-state index contributed by atoms with van der Waals surface area (Å²) in [5.41, 5.74) is 4.08. The Kier molecular flexibility index (Phi) is 8.94. The average Bonchev–Trinajstić information content (AvgIpc) is 2.79. The number of benzene rings is 3. The third kappa shape index (κ3) is 7.07. The third-order valence-electron chi connectivity index (χ3n) is 5.69. The van der Waals surface area contributed by atoms with Crippen LogP contribution in [0.1, 0.15) is 27.8 Å². The molecule has 3 aromatic carbocycles. The van der Waals surface area contributed by atoms with E-state index in [4.69, 9.17) is 16.3 Å². The summed E-state index contributed by atoms with van der Waals surface area (Å²) >= 11 is 6.00. The lowest BCUT2D eigenvalue weighted by Gasteiger charge is -2.24. The van der Waals surface area contributed by atoms with Crippen LogP contribution in [0.25, 0.3) is 0 Å². The van der Waals surface area contributed by atoms with Gasteiger partial charge in [-0.15, -0.1) is 0 Å². The van der Waals surface area contributed by atoms with E-state index in [0.29, 0.717) is 29.1 Å². The van der Waals surface area contributed by atoms with Crippen molar-refractivity contribution in [1.29, 1.82) is 0 Å². The number of hydrogen-bond donors (Lipinski definition) is 1. The number of nitrogens with one attached hydrogen (secondary N) is 1. The molecule has 8 heteroatoms. The number of nitrogens with zero attached hydrogens (tertiary/aromatic N) is 1. The second-order valence-corrected chi connectivity index (χ2v) is 10.9. The maximum Gasteiger partial charge on any atom is 0.244 e. The molecule has 3 rings (SSSR count). The van der Waals surface area contributed by atoms with E-state index in [0.717, 1.165) is 22.4 Å². The Balaban J connectivity index is 1.78. The van der Waals surface area contributed by atoms with Gasteiger partial charge in [-0.3, -0.25) is 4.79 Å². The van der Waals surface area contributed by atoms with Crippen LogP contribution in [0.4, 0.5) is 0 Å². The maximum absolute atomic E-state index is 13.8. The summed E-state index contributed by atoms with van der Waals surface area (Å²) in [6.07, 6.45) is 0.621. The molecule has 0 fully saturated rings. The molecule has 0 aliphatic carbocycles. The second-order valence-electron chi connectivity index (χ2n) is 8.58. The Bertz CT molecular complexity index is 1250. The van der Waals surface area contributed by atoms with Crippen molar-refractivity contribution < 1.29 is 17.9 Å². The van der Waals surface area contributed by atoms with Crippen LogP contribution in [0.15, 0.2) is 65.6 Å². The summed E-state index contributed by atoms with van der Waals surface area (Å²) in [5, 5.41) is 3.41. The molecule has 0 heterocycles. The summed E-state index contributed by atoms with van der Waals surface area (Å²) in [6.45, 7) is 5.64. The zero-order chi connectivity index (χ0) is 25.6. The minimum absolute atomic E-state index is 0.0537. The van der Waals surface area contributed by atoms with Gasteiger partial charge in [0.2, 0.25) is 15.9 Å². The van der Waals surface area contributed by atoms with Gasteiger partial charge in [-0.25, -0.2) is 8.42 Å². The van der Waals surface area contributed by atoms with Crippen LogP contribution in [-0.4, -0.2) is 38.8 Å². The molecule has 0 aliphatic rings. The standard InChI is InChI=1S/C27H31ClN2O4S/c1-19-15-20(2)27(21(3)16-19)35(32,33)30(17-23-5-9-24(28)10-6-23)18-26(31)29-14-13-22-7-11-25(34-4)12-8-22/h5-12,15-16H,13-14,17-18H2,1-4H3,(H,29,31). The normalized spacial score (nSPS) is 11.5. The Labute approximate surface area is 212 Å². The first-order chi connectivity index (χ1) is 16.6. The van der Waals surface area contributed by atoms with Crippen molar-refractivity contribution in [2.45, 2.75) is 38.6 Å². The Morgan fingerprint density at radius 2 is 1.51 bits per heavy atom. The summed E-state index contributed by atoms with van der Waals surface area (Å²) in [6, 6.07) is 18.2. The molecule has 0 atom stereocenters. The van der Waals surface area contributed by atoms with E-state index in [1.54, 1.807) is 45.2 Å². The van der Waals surface area contributed by atoms with Crippen LogP contribution in [0.3, 0.4) is 0 Å². The number of amides is 1. The highest BCUT2D eigenvalue weighted by molar-refractivity contribution is 7.89. The molecule has 0 unspecified atom stereocenters. The van der Waals surface area contributed by atoms with Crippen molar-refractivity contribution in [3.63, 3.8) is 0 Å². The number of sulfonamides is 1. The summed E-state index contributed by atoms with van der Waals surface area (Å²) < 4.78 is 33.9. The van der Waals surface area contributed by atoms with Gasteiger partial charge in [0.15, 0.2) is 0 Å². The van der Waals surface area contributed by atoms with Crippen molar-refractivity contribution >= 4 is 27.5 Å². The van der Waals surface area contributed by atoms with Gasteiger partial charge >= 0.3 is 0 Å². The van der Waals surface area contributed by atoms with E-state index in [2.05, 4.69) is 5.32 Å². The smallest absolute Gasteiger partial charge is 0.244 e. The van der Waals surface area contributed by atoms with Crippen LogP contribution in [0, 0.1) is 20.8 Å². The van der Waals surface area contributed by atoms with Crippen LogP contribution < -0.4 is 10.1 Å². The highest BCUT2D eigenvalue weighted by atomic mass is 35.5. The minimum atomic E-state index is -3.94. The molecule has 3 aromatic rings. The monoisotopic (exact) mass is 514 g/mol. The predicted molar refractivity (Wildman–Crippen MR) is 139 cm³/mol. The number of ether oxygens (including phenoxy) is 1. The fourth-order valence-electron chi connectivity index (χ4n) is 4.08. The van der Waals surface area contributed by atoms with Gasteiger partial charge in [-0.1, -0.05) is 53.6 Å². The van der Waals surface area contributed by atoms with Gasteiger partial charge < -0.3 is 10.1 Å². The number of hydrogen-bond acceptors (Lipinski definition) is 4. The van der Waals surface area contributed by atoms with Crippen LogP contribution >= 0.6 is 11.6 Å². The zero-order valence-electron chi connectivity index (χ0n) is 20.5. The molecule has 0 bridgehead atoms.